The van der Waals surface area contributed by atoms with E-state index in [1.807, 2.05) is 18.4 Å². The minimum absolute atomic E-state index is 0.0478. The Morgan fingerprint density at radius 1 is 1.42 bits per heavy atom. The van der Waals surface area contributed by atoms with Gasteiger partial charge in [-0.2, -0.15) is 0 Å². The van der Waals surface area contributed by atoms with Crippen molar-refractivity contribution in [2.45, 2.75) is 11.8 Å². The summed E-state index contributed by atoms with van der Waals surface area (Å²) in [5, 5.41) is 1.20. The zero-order valence-corrected chi connectivity index (χ0v) is 16.1. The van der Waals surface area contributed by atoms with Crippen LogP contribution in [0.3, 0.4) is 0 Å². The van der Waals surface area contributed by atoms with Crippen molar-refractivity contribution in [1.82, 2.24) is 9.88 Å². The van der Waals surface area contributed by atoms with Crippen molar-refractivity contribution in [2.24, 2.45) is 10.9 Å². The van der Waals surface area contributed by atoms with E-state index >= 15 is 0 Å². The normalized spacial score (nSPS) is 24.5. The third kappa shape index (κ3) is 2.95. The molecule has 2 fully saturated rings. The first-order valence-corrected chi connectivity index (χ1v) is 10.00. The van der Waals surface area contributed by atoms with Gasteiger partial charge in [0.15, 0.2) is 5.17 Å². The largest absolute Gasteiger partial charge is 0.481 e. The van der Waals surface area contributed by atoms with Gasteiger partial charge in [-0.25, -0.2) is 14.4 Å². The fourth-order valence-electron chi connectivity index (χ4n) is 3.85. The number of fused-ring (bicyclic) bond motifs is 1. The number of halogens is 2. The smallest absolute Gasteiger partial charge is 0.213 e. The van der Waals surface area contributed by atoms with Crippen molar-refractivity contribution < 1.29 is 9.13 Å². The Bertz CT molecular complexity index is 860. The van der Waals surface area contributed by atoms with Crippen LogP contribution in [0.1, 0.15) is 12.0 Å². The van der Waals surface area contributed by atoms with E-state index in [0.29, 0.717) is 11.8 Å². The number of pyridine rings is 1. The molecule has 2 aliphatic rings. The molecule has 1 aliphatic carbocycles. The molecule has 0 N–H and O–H groups in total. The first-order valence-electron chi connectivity index (χ1n) is 8.39. The lowest BCUT2D eigenvalue weighted by Crippen LogP contribution is -2.31. The predicted molar refractivity (Wildman–Crippen MR) is 104 cm³/mol. The van der Waals surface area contributed by atoms with Gasteiger partial charge in [-0.05, 0) is 36.3 Å². The summed E-state index contributed by atoms with van der Waals surface area (Å²) < 4.78 is 19.0. The maximum absolute atomic E-state index is 13.9. The molecule has 2 atom stereocenters. The molecule has 1 aromatic heterocycles. The minimum Gasteiger partial charge on any atom is -0.481 e. The molecule has 1 saturated carbocycles. The van der Waals surface area contributed by atoms with Crippen LogP contribution in [0.4, 0.5) is 10.1 Å². The van der Waals surface area contributed by atoms with E-state index in [2.05, 4.69) is 9.88 Å². The van der Waals surface area contributed by atoms with E-state index in [9.17, 15) is 4.39 Å². The molecule has 0 bridgehead atoms. The number of amidine groups is 1. The van der Waals surface area contributed by atoms with Gasteiger partial charge in [-0.1, -0.05) is 35.5 Å². The van der Waals surface area contributed by atoms with Crippen molar-refractivity contribution in [3.63, 3.8) is 0 Å². The number of aromatic nitrogens is 1. The number of thioether (sulfide) groups is 1. The number of benzene rings is 1. The van der Waals surface area contributed by atoms with Crippen molar-refractivity contribution in [1.29, 1.82) is 0 Å². The Morgan fingerprint density at radius 3 is 2.96 bits per heavy atom. The van der Waals surface area contributed by atoms with Crippen LogP contribution in [0, 0.1) is 11.7 Å². The second-order valence-corrected chi connectivity index (χ2v) is 7.85. The number of methoxy groups -OCH3 is 1. The Kier molecular flexibility index (Phi) is 4.57. The number of hydrogen-bond donors (Lipinski definition) is 0. The third-order valence-electron chi connectivity index (χ3n) is 5.24. The number of ether oxygens (including phenoxy) is 1. The molecular weight excluding hydrogens is 373 g/mol. The summed E-state index contributed by atoms with van der Waals surface area (Å²) in [6.07, 6.45) is 4.77. The van der Waals surface area contributed by atoms with Gasteiger partial charge in [-0.3, -0.25) is 0 Å². The van der Waals surface area contributed by atoms with Crippen LogP contribution in [-0.2, 0) is 5.41 Å². The van der Waals surface area contributed by atoms with Gasteiger partial charge in [0.05, 0.1) is 24.0 Å². The molecule has 0 unspecified atom stereocenters. The van der Waals surface area contributed by atoms with Crippen LogP contribution < -0.4 is 4.74 Å². The number of rotatable bonds is 3. The molecule has 1 aromatic carbocycles. The van der Waals surface area contributed by atoms with Gasteiger partial charge in [0.25, 0.3) is 0 Å². The van der Waals surface area contributed by atoms with Crippen LogP contribution in [0.5, 0.6) is 5.88 Å². The number of nitrogens with zero attached hydrogens (tertiary/aromatic N) is 3. The minimum atomic E-state index is -0.342. The molecule has 2 aromatic rings. The van der Waals surface area contributed by atoms with Gasteiger partial charge in [-0.15, -0.1) is 0 Å². The Labute approximate surface area is 161 Å². The number of hydrogen-bond acceptors (Lipinski definition) is 4. The van der Waals surface area contributed by atoms with E-state index in [1.165, 1.54) is 6.07 Å². The SMILES string of the molecule is COc1ccc(/N=C(/SC)N2C[C@@H]3C[C@]3(c3cccc(F)c3Cl)C2)cn1. The average Bonchev–Trinajstić information content (AvgIpc) is 3.23. The van der Waals surface area contributed by atoms with Crippen molar-refractivity contribution in [2.75, 3.05) is 26.5 Å². The number of piperidine rings is 1. The maximum atomic E-state index is 13.9. The van der Waals surface area contributed by atoms with Crippen molar-refractivity contribution in [3.05, 3.63) is 52.9 Å². The number of aliphatic imine (C=N–C) groups is 1. The maximum Gasteiger partial charge on any atom is 0.213 e. The predicted octanol–water partition coefficient (Wildman–Crippen LogP) is 4.51. The molecule has 7 heteroatoms. The molecule has 2 heterocycles. The monoisotopic (exact) mass is 391 g/mol. The topological polar surface area (TPSA) is 37.7 Å². The summed E-state index contributed by atoms with van der Waals surface area (Å²) in [6.45, 7) is 1.72. The third-order valence-corrected chi connectivity index (χ3v) is 6.34. The number of likely N-dealkylation sites (tertiary alicyclic amines) is 1. The van der Waals surface area contributed by atoms with E-state index < -0.39 is 0 Å². The average molecular weight is 392 g/mol. The van der Waals surface area contributed by atoms with Gasteiger partial charge in [0.2, 0.25) is 5.88 Å². The van der Waals surface area contributed by atoms with Gasteiger partial charge >= 0.3 is 0 Å². The quantitative estimate of drug-likeness (QED) is 0.570. The van der Waals surface area contributed by atoms with Gasteiger partial charge in [0.1, 0.15) is 5.82 Å². The van der Waals surface area contributed by atoms with Gasteiger partial charge < -0.3 is 9.64 Å². The lowest BCUT2D eigenvalue weighted by molar-refractivity contribution is 0.398. The standard InChI is InChI=1S/C19H19ClFN3OS/c1-25-16-7-6-13(9-22-16)23-18(26-2)24-10-12-8-19(12,11-24)14-4-3-5-15(21)17(14)20/h3-7,9,12H,8,10-11H2,1-2H3/b23-18+/t12-,19-/m0/s1. The second kappa shape index (κ2) is 6.74. The van der Waals surface area contributed by atoms with Crippen molar-refractivity contribution in [3.8, 4) is 5.88 Å². The highest BCUT2D eigenvalue weighted by Gasteiger charge is 2.62. The highest BCUT2D eigenvalue weighted by molar-refractivity contribution is 8.13. The molecule has 0 spiro atoms. The fourth-order valence-corrected chi connectivity index (χ4v) is 4.76. The molecule has 4 nitrogen and oxygen atoms in total. The van der Waals surface area contributed by atoms with E-state index in [0.717, 1.165) is 35.9 Å². The molecule has 1 aliphatic heterocycles. The molecule has 0 radical (unpaired) electrons. The summed E-state index contributed by atoms with van der Waals surface area (Å²) in [5.74, 6) is 0.718. The Morgan fingerprint density at radius 2 is 2.27 bits per heavy atom. The molecule has 4 rings (SSSR count). The molecule has 1 saturated heterocycles. The zero-order chi connectivity index (χ0) is 18.3. The summed E-state index contributed by atoms with van der Waals surface area (Å²) in [4.78, 5) is 11.2. The summed E-state index contributed by atoms with van der Waals surface area (Å²) in [7, 11) is 1.59. The van der Waals surface area contributed by atoms with Crippen LogP contribution in [-0.4, -0.2) is 41.5 Å². The first kappa shape index (κ1) is 17.6. The van der Waals surface area contributed by atoms with Gasteiger partial charge in [0, 0.05) is 24.6 Å². The second-order valence-electron chi connectivity index (χ2n) is 6.70. The lowest BCUT2D eigenvalue weighted by Gasteiger charge is -2.24. The van der Waals surface area contributed by atoms with Crippen LogP contribution in [0.15, 0.2) is 41.5 Å². The summed E-state index contributed by atoms with van der Waals surface area (Å²) >= 11 is 7.87. The van der Waals surface area contributed by atoms with E-state index in [1.54, 1.807) is 37.2 Å². The van der Waals surface area contributed by atoms with Crippen molar-refractivity contribution >= 4 is 34.2 Å². The van der Waals surface area contributed by atoms with Crippen LogP contribution >= 0.6 is 23.4 Å². The molecular formula is C19H19ClFN3OS. The lowest BCUT2D eigenvalue weighted by atomic mass is 9.95. The summed E-state index contributed by atoms with van der Waals surface area (Å²) in [5.41, 5.74) is 1.67. The molecule has 136 valence electrons. The van der Waals surface area contributed by atoms with Crippen LogP contribution in [0.25, 0.3) is 0 Å². The Hall–Kier alpha value is -1.79. The molecule has 0 amide bonds. The zero-order valence-electron chi connectivity index (χ0n) is 14.6. The first-order chi connectivity index (χ1) is 12.6. The highest BCUT2D eigenvalue weighted by Crippen LogP contribution is 2.60. The Balaban J connectivity index is 1.57. The van der Waals surface area contributed by atoms with E-state index in [-0.39, 0.29) is 16.3 Å². The molecule has 26 heavy (non-hydrogen) atoms. The van der Waals surface area contributed by atoms with E-state index in [4.69, 9.17) is 21.3 Å². The fraction of sp³-hybridized carbons (Fsp3) is 0.368. The van der Waals surface area contributed by atoms with Crippen LogP contribution in [0.2, 0.25) is 5.02 Å². The highest BCUT2D eigenvalue weighted by atomic mass is 35.5. The summed E-state index contributed by atoms with van der Waals surface area (Å²) in [6, 6.07) is 8.80.